The molecular weight excluding hydrogens is 614 g/mol. The average molecular weight is 658 g/mol. The van der Waals surface area contributed by atoms with E-state index >= 15 is 0 Å². The number of phenolic OH excluding ortho intramolecular Hbond substituents is 1. The Morgan fingerprint density at radius 3 is 2.37 bits per heavy atom. The minimum Gasteiger partial charge on any atom is -0.508 e. The molecule has 3 atom stereocenters. The van der Waals surface area contributed by atoms with Gasteiger partial charge in [-0.25, -0.2) is 0 Å². The number of ketones is 1. The molecule has 0 bridgehead atoms. The number of phenols is 1. The van der Waals surface area contributed by atoms with Gasteiger partial charge in [-0.05, 0) is 102 Å². The topological polar surface area (TPSA) is 85.3 Å². The van der Waals surface area contributed by atoms with Crippen molar-refractivity contribution >= 4 is 11.7 Å². The number of aryl methyl sites for hydroxylation is 1. The number of amides is 1. The first-order valence-electron chi connectivity index (χ1n) is 17.4. The van der Waals surface area contributed by atoms with E-state index in [1.165, 1.54) is 22.3 Å². The fraction of sp³-hybridized carbons (Fsp3) is 0.333. The van der Waals surface area contributed by atoms with E-state index in [4.69, 9.17) is 14.2 Å². The smallest absolute Gasteiger partial charge is 0.255 e. The highest BCUT2D eigenvalue weighted by atomic mass is 16.5. The molecule has 2 aliphatic carbocycles. The van der Waals surface area contributed by atoms with E-state index in [1.54, 1.807) is 17.0 Å². The number of allylic oxidation sites excluding steroid dienone is 1. The maximum Gasteiger partial charge on any atom is 0.255 e. The van der Waals surface area contributed by atoms with Crippen LogP contribution in [0, 0.1) is 0 Å². The van der Waals surface area contributed by atoms with Gasteiger partial charge in [0.1, 0.15) is 23.9 Å². The van der Waals surface area contributed by atoms with Gasteiger partial charge < -0.3 is 24.2 Å². The normalized spacial score (nSPS) is 20.2. The maximum atomic E-state index is 13.0. The molecular formula is C42H43NO6. The number of ether oxygens (including phenoxy) is 3. The summed E-state index contributed by atoms with van der Waals surface area (Å²) in [4.78, 5) is 27.2. The maximum absolute atomic E-state index is 13.0. The van der Waals surface area contributed by atoms with E-state index in [1.807, 2.05) is 30.3 Å². The number of carbonyl (C=O) groups excluding carboxylic acids is 2. The van der Waals surface area contributed by atoms with Gasteiger partial charge in [-0.1, -0.05) is 60.7 Å². The SMILES string of the molecule is C=C1CC[C@H](N2Cc3cc(OCCCOCCOc4ccc([C@@H]5c6ccc(O)cc6CC[C@@H]5c5ccccc5)cc4)ccc3C2=O)C(=O)C1. The highest BCUT2D eigenvalue weighted by molar-refractivity contribution is 6.02. The van der Waals surface area contributed by atoms with Gasteiger partial charge in [-0.3, -0.25) is 9.59 Å². The third kappa shape index (κ3) is 7.27. The standard InChI is InChI=1S/C42H43NO6/c1-28-8-19-39(40(45)24-28)43-27-32-26-35(15-18-38(32)42(43)46)48-21-5-20-47-22-23-49-34-13-9-30(10-14-34)41-36(29-6-3-2-4-7-29)16-11-31-25-33(44)12-17-37(31)41/h2-4,6-7,9-10,12-15,17-18,25-26,36,39,41,44H,1,5,8,11,16,19-24,27H2/t36-,39+,41+/m1/s1. The molecule has 252 valence electrons. The molecule has 4 aromatic carbocycles. The van der Waals surface area contributed by atoms with Crippen LogP contribution in [-0.4, -0.2) is 54.2 Å². The zero-order valence-corrected chi connectivity index (χ0v) is 27.8. The molecule has 4 aromatic rings. The highest BCUT2D eigenvalue weighted by Crippen LogP contribution is 2.47. The molecule has 0 unspecified atom stereocenters. The number of aromatic hydroxyl groups is 1. The number of hydrogen-bond donors (Lipinski definition) is 1. The molecule has 0 radical (unpaired) electrons. The summed E-state index contributed by atoms with van der Waals surface area (Å²) in [6.45, 7) is 6.34. The average Bonchev–Trinajstić information content (AvgIpc) is 3.44. The van der Waals surface area contributed by atoms with Crippen molar-refractivity contribution in [2.45, 2.75) is 62.9 Å². The first-order valence-corrected chi connectivity index (χ1v) is 17.4. The van der Waals surface area contributed by atoms with Crippen molar-refractivity contribution < 1.29 is 28.9 Å². The van der Waals surface area contributed by atoms with Gasteiger partial charge in [0.05, 0.1) is 19.3 Å². The Kier molecular flexibility index (Phi) is 9.80. The number of benzene rings is 4. The fourth-order valence-corrected chi connectivity index (χ4v) is 7.67. The van der Waals surface area contributed by atoms with Crippen LogP contribution in [0.1, 0.15) is 82.1 Å². The zero-order valence-electron chi connectivity index (χ0n) is 27.8. The minimum atomic E-state index is -0.361. The Hall–Kier alpha value is -4.88. The molecule has 1 fully saturated rings. The van der Waals surface area contributed by atoms with Gasteiger partial charge in [-0.2, -0.15) is 0 Å². The largest absolute Gasteiger partial charge is 0.508 e. The van der Waals surface area contributed by atoms with Gasteiger partial charge in [-0.15, -0.1) is 0 Å². The Morgan fingerprint density at radius 2 is 1.55 bits per heavy atom. The van der Waals surface area contributed by atoms with Crippen LogP contribution in [0.4, 0.5) is 0 Å². The van der Waals surface area contributed by atoms with Crippen LogP contribution in [0.15, 0.2) is 103 Å². The van der Waals surface area contributed by atoms with Crippen molar-refractivity contribution in [3.63, 3.8) is 0 Å². The van der Waals surface area contributed by atoms with Crippen LogP contribution in [0.5, 0.6) is 17.2 Å². The third-order valence-electron chi connectivity index (χ3n) is 10.1. The number of rotatable bonds is 12. The molecule has 7 rings (SSSR count). The summed E-state index contributed by atoms with van der Waals surface area (Å²) >= 11 is 0. The Labute approximate surface area is 288 Å². The minimum absolute atomic E-state index is 0.0763. The van der Waals surface area contributed by atoms with Crippen molar-refractivity contribution in [2.24, 2.45) is 0 Å². The van der Waals surface area contributed by atoms with Gasteiger partial charge in [0.2, 0.25) is 0 Å². The second-order valence-corrected chi connectivity index (χ2v) is 13.3. The second kappa shape index (κ2) is 14.7. The van der Waals surface area contributed by atoms with Crippen LogP contribution in [0.2, 0.25) is 0 Å². The van der Waals surface area contributed by atoms with E-state index < -0.39 is 0 Å². The molecule has 1 N–H and O–H groups in total. The van der Waals surface area contributed by atoms with Gasteiger partial charge in [0, 0.05) is 37.5 Å². The number of fused-ring (bicyclic) bond motifs is 2. The van der Waals surface area contributed by atoms with Crippen LogP contribution in [0.25, 0.3) is 0 Å². The predicted molar refractivity (Wildman–Crippen MR) is 188 cm³/mol. The monoisotopic (exact) mass is 657 g/mol. The first kappa shape index (κ1) is 32.7. The molecule has 1 saturated carbocycles. The molecule has 49 heavy (non-hydrogen) atoms. The van der Waals surface area contributed by atoms with E-state index in [0.29, 0.717) is 68.8 Å². The van der Waals surface area contributed by atoms with E-state index in [9.17, 15) is 14.7 Å². The molecule has 1 amide bonds. The van der Waals surface area contributed by atoms with Crippen molar-refractivity contribution in [3.05, 3.63) is 137 Å². The summed E-state index contributed by atoms with van der Waals surface area (Å²) in [7, 11) is 0. The van der Waals surface area contributed by atoms with Crippen LogP contribution in [0.3, 0.4) is 0 Å². The molecule has 1 heterocycles. The summed E-state index contributed by atoms with van der Waals surface area (Å²) in [6.07, 6.45) is 4.49. The lowest BCUT2D eigenvalue weighted by Crippen LogP contribution is -2.43. The molecule has 1 aliphatic heterocycles. The van der Waals surface area contributed by atoms with Gasteiger partial charge in [0.15, 0.2) is 5.78 Å². The lowest BCUT2D eigenvalue weighted by Gasteiger charge is -2.34. The molecule has 0 spiro atoms. The summed E-state index contributed by atoms with van der Waals surface area (Å²) in [6, 6.07) is 30.1. The first-order chi connectivity index (χ1) is 23.9. The quantitative estimate of drug-likeness (QED) is 0.124. The van der Waals surface area contributed by atoms with Crippen molar-refractivity contribution in [1.82, 2.24) is 4.90 Å². The van der Waals surface area contributed by atoms with Crippen LogP contribution >= 0.6 is 0 Å². The number of nitrogens with zero attached hydrogens (tertiary/aromatic N) is 1. The zero-order chi connectivity index (χ0) is 33.7. The highest BCUT2D eigenvalue weighted by Gasteiger charge is 2.38. The lowest BCUT2D eigenvalue weighted by atomic mass is 9.69. The lowest BCUT2D eigenvalue weighted by molar-refractivity contribution is -0.124. The summed E-state index contributed by atoms with van der Waals surface area (Å²) < 4.78 is 17.7. The number of hydrogen-bond acceptors (Lipinski definition) is 6. The van der Waals surface area contributed by atoms with E-state index in [-0.39, 0.29) is 23.7 Å². The van der Waals surface area contributed by atoms with Crippen LogP contribution < -0.4 is 9.47 Å². The van der Waals surface area contributed by atoms with Gasteiger partial charge >= 0.3 is 0 Å². The van der Waals surface area contributed by atoms with Gasteiger partial charge in [0.25, 0.3) is 5.91 Å². The summed E-state index contributed by atoms with van der Waals surface area (Å²) in [5, 5.41) is 10.1. The second-order valence-electron chi connectivity index (χ2n) is 13.3. The molecule has 3 aliphatic rings. The predicted octanol–water partition coefficient (Wildman–Crippen LogP) is 7.75. The molecule has 0 aromatic heterocycles. The van der Waals surface area contributed by atoms with Crippen molar-refractivity contribution in [1.29, 1.82) is 0 Å². The van der Waals surface area contributed by atoms with E-state index in [2.05, 4.69) is 55.1 Å². The Bertz CT molecular complexity index is 1820. The fourth-order valence-electron chi connectivity index (χ4n) is 7.67. The third-order valence-corrected chi connectivity index (χ3v) is 10.1. The Balaban J connectivity index is 0.851. The number of Topliss-reactive ketones (excluding diaryl/α,β-unsaturated/α-hetero) is 1. The Morgan fingerprint density at radius 1 is 0.755 bits per heavy atom. The number of carbonyl (C=O) groups is 2. The van der Waals surface area contributed by atoms with Crippen molar-refractivity contribution in [2.75, 3.05) is 26.4 Å². The summed E-state index contributed by atoms with van der Waals surface area (Å²) in [5.41, 5.74) is 7.58. The van der Waals surface area contributed by atoms with Crippen LogP contribution in [-0.2, 0) is 22.5 Å². The molecule has 0 saturated heterocycles. The van der Waals surface area contributed by atoms with Crippen molar-refractivity contribution in [3.8, 4) is 17.2 Å². The summed E-state index contributed by atoms with van der Waals surface area (Å²) in [5.74, 6) is 2.41. The molecule has 7 nitrogen and oxygen atoms in total. The van der Waals surface area contributed by atoms with E-state index in [0.717, 1.165) is 42.6 Å². The molecule has 7 heteroatoms.